The van der Waals surface area contributed by atoms with Crippen molar-refractivity contribution in [3.05, 3.63) is 29.3 Å². The number of benzene rings is 1. The van der Waals surface area contributed by atoms with Crippen LogP contribution in [-0.4, -0.2) is 37.3 Å². The number of hydrogen-bond acceptors (Lipinski definition) is 3. The van der Waals surface area contributed by atoms with Gasteiger partial charge in [-0.25, -0.2) is 0 Å². The molecule has 0 spiro atoms. The minimum absolute atomic E-state index is 0.411. The second-order valence-corrected chi connectivity index (χ2v) is 4.24. The van der Waals surface area contributed by atoms with Gasteiger partial charge in [0.05, 0.1) is 12.7 Å². The second kappa shape index (κ2) is 4.21. The number of nitrogens with zero attached hydrogens (tertiary/aromatic N) is 1. The molecule has 1 N–H and O–H groups in total. The van der Waals surface area contributed by atoms with E-state index >= 15 is 0 Å². The summed E-state index contributed by atoms with van der Waals surface area (Å²) < 4.78 is 5.42. The normalized spacial score (nSPS) is 16.3. The molecule has 1 heterocycles. The Balaban J connectivity index is 2.15. The molecule has 1 aliphatic rings. The van der Waals surface area contributed by atoms with Crippen LogP contribution in [0.1, 0.15) is 17.2 Å². The summed E-state index contributed by atoms with van der Waals surface area (Å²) in [6, 6.07) is 5.95. The van der Waals surface area contributed by atoms with E-state index < -0.39 is 6.10 Å². The molecule has 15 heavy (non-hydrogen) atoms. The van der Waals surface area contributed by atoms with Crippen LogP contribution in [0.5, 0.6) is 5.75 Å². The van der Waals surface area contributed by atoms with Crippen LogP contribution in [0.15, 0.2) is 18.2 Å². The zero-order valence-electron chi connectivity index (χ0n) is 9.23. The number of likely N-dealkylation sites (N-methyl/N-ethyl adjacent to an activating group) is 1. The van der Waals surface area contributed by atoms with Crippen LogP contribution in [0.2, 0.25) is 0 Å². The van der Waals surface area contributed by atoms with Crippen molar-refractivity contribution in [2.75, 3.05) is 27.2 Å². The maximum atomic E-state index is 9.94. The van der Waals surface area contributed by atoms with E-state index in [1.165, 1.54) is 5.56 Å². The fraction of sp³-hybridized carbons (Fsp3) is 0.500. The quantitative estimate of drug-likeness (QED) is 0.809. The molecule has 2 rings (SSSR count). The molecular weight excluding hydrogens is 190 g/mol. The summed E-state index contributed by atoms with van der Waals surface area (Å²) in [6.45, 7) is 1.42. The minimum atomic E-state index is -0.411. The van der Waals surface area contributed by atoms with Gasteiger partial charge in [0.25, 0.3) is 0 Å². The molecular formula is C12H17NO2. The Kier molecular flexibility index (Phi) is 2.93. The highest BCUT2D eigenvalue weighted by atomic mass is 16.5. The Hall–Kier alpha value is -1.06. The van der Waals surface area contributed by atoms with Gasteiger partial charge < -0.3 is 14.7 Å². The third kappa shape index (κ3) is 2.30. The third-order valence-corrected chi connectivity index (χ3v) is 2.64. The lowest BCUT2D eigenvalue weighted by atomic mass is 10.0. The number of fused-ring (bicyclic) bond motifs is 1. The van der Waals surface area contributed by atoms with E-state index in [0.29, 0.717) is 6.54 Å². The van der Waals surface area contributed by atoms with E-state index in [0.717, 1.165) is 24.3 Å². The first-order valence-electron chi connectivity index (χ1n) is 5.25. The van der Waals surface area contributed by atoms with Gasteiger partial charge in [-0.15, -0.1) is 0 Å². The maximum absolute atomic E-state index is 9.94. The topological polar surface area (TPSA) is 32.7 Å². The average molecular weight is 207 g/mol. The Bertz CT molecular complexity index is 349. The summed E-state index contributed by atoms with van der Waals surface area (Å²) in [5.41, 5.74) is 2.19. The Morgan fingerprint density at radius 3 is 3.00 bits per heavy atom. The largest absolute Gasteiger partial charge is 0.493 e. The molecule has 0 aromatic heterocycles. The van der Waals surface area contributed by atoms with Gasteiger partial charge in [0, 0.05) is 13.0 Å². The fourth-order valence-corrected chi connectivity index (χ4v) is 1.87. The van der Waals surface area contributed by atoms with Gasteiger partial charge in [0.2, 0.25) is 0 Å². The lowest BCUT2D eigenvalue weighted by Crippen LogP contribution is -2.20. The molecule has 0 aliphatic carbocycles. The van der Waals surface area contributed by atoms with Crippen LogP contribution < -0.4 is 4.74 Å². The zero-order valence-corrected chi connectivity index (χ0v) is 9.23. The van der Waals surface area contributed by atoms with Crippen LogP contribution in [0.3, 0.4) is 0 Å². The smallest absolute Gasteiger partial charge is 0.122 e. The molecule has 3 nitrogen and oxygen atoms in total. The molecule has 1 aromatic carbocycles. The lowest BCUT2D eigenvalue weighted by Gasteiger charge is -2.16. The summed E-state index contributed by atoms with van der Waals surface area (Å²) in [7, 11) is 3.92. The molecule has 0 saturated carbocycles. The molecule has 0 fully saturated rings. The molecule has 3 heteroatoms. The van der Waals surface area contributed by atoms with E-state index in [4.69, 9.17) is 4.74 Å². The van der Waals surface area contributed by atoms with Gasteiger partial charge in [-0.3, -0.25) is 0 Å². The van der Waals surface area contributed by atoms with Crippen molar-refractivity contribution in [3.8, 4) is 5.75 Å². The van der Waals surface area contributed by atoms with E-state index in [-0.39, 0.29) is 0 Å². The van der Waals surface area contributed by atoms with Crippen LogP contribution in [0.4, 0.5) is 0 Å². The van der Waals surface area contributed by atoms with Crippen molar-refractivity contribution in [3.63, 3.8) is 0 Å². The predicted octanol–water partition coefficient (Wildman–Crippen LogP) is 1.22. The summed E-state index contributed by atoms with van der Waals surface area (Å²) in [6.07, 6.45) is 0.545. The number of hydrogen-bond donors (Lipinski definition) is 1. The minimum Gasteiger partial charge on any atom is -0.493 e. The third-order valence-electron chi connectivity index (χ3n) is 2.64. The van der Waals surface area contributed by atoms with Gasteiger partial charge in [-0.2, -0.15) is 0 Å². The summed E-state index contributed by atoms with van der Waals surface area (Å²) in [5, 5.41) is 9.94. The summed E-state index contributed by atoms with van der Waals surface area (Å²) in [4.78, 5) is 1.98. The van der Waals surface area contributed by atoms with E-state index in [1.54, 1.807) is 0 Å². The predicted molar refractivity (Wildman–Crippen MR) is 59.2 cm³/mol. The number of aliphatic hydroxyl groups is 1. The first-order valence-corrected chi connectivity index (χ1v) is 5.25. The fourth-order valence-electron chi connectivity index (χ4n) is 1.87. The molecule has 82 valence electrons. The molecule has 0 radical (unpaired) electrons. The maximum Gasteiger partial charge on any atom is 0.122 e. The van der Waals surface area contributed by atoms with Crippen molar-refractivity contribution in [2.24, 2.45) is 0 Å². The van der Waals surface area contributed by atoms with Crippen molar-refractivity contribution < 1.29 is 9.84 Å². The van der Waals surface area contributed by atoms with Gasteiger partial charge >= 0.3 is 0 Å². The number of ether oxygens (including phenoxy) is 1. The standard InChI is InChI=1S/C12H17NO2/c1-13(2)8-11(14)9-3-4-12-10(7-9)5-6-15-12/h3-4,7,11,14H,5-6,8H2,1-2H3. The summed E-state index contributed by atoms with van der Waals surface area (Å²) >= 11 is 0. The monoisotopic (exact) mass is 207 g/mol. The van der Waals surface area contributed by atoms with Crippen molar-refractivity contribution >= 4 is 0 Å². The SMILES string of the molecule is CN(C)CC(O)c1ccc2c(c1)CCO2. The summed E-state index contributed by atoms with van der Waals surface area (Å²) in [5.74, 6) is 0.968. The van der Waals surface area contributed by atoms with Crippen LogP contribution in [0.25, 0.3) is 0 Å². The van der Waals surface area contributed by atoms with Crippen LogP contribution in [-0.2, 0) is 6.42 Å². The molecule has 1 unspecified atom stereocenters. The Morgan fingerprint density at radius 2 is 2.27 bits per heavy atom. The molecule has 1 aromatic rings. The first-order chi connectivity index (χ1) is 7.16. The molecule has 1 atom stereocenters. The highest BCUT2D eigenvalue weighted by Gasteiger charge is 2.15. The van der Waals surface area contributed by atoms with Crippen LogP contribution in [0, 0.1) is 0 Å². The molecule has 0 saturated heterocycles. The molecule has 1 aliphatic heterocycles. The van der Waals surface area contributed by atoms with Crippen LogP contribution >= 0.6 is 0 Å². The van der Waals surface area contributed by atoms with Crippen molar-refractivity contribution in [2.45, 2.75) is 12.5 Å². The van der Waals surface area contributed by atoms with E-state index in [1.807, 2.05) is 31.1 Å². The van der Waals surface area contributed by atoms with E-state index in [9.17, 15) is 5.11 Å². The van der Waals surface area contributed by atoms with Crippen molar-refractivity contribution in [1.82, 2.24) is 4.90 Å². The second-order valence-electron chi connectivity index (χ2n) is 4.24. The van der Waals surface area contributed by atoms with Crippen molar-refractivity contribution in [1.29, 1.82) is 0 Å². The van der Waals surface area contributed by atoms with Gasteiger partial charge in [0.1, 0.15) is 5.75 Å². The zero-order chi connectivity index (χ0) is 10.8. The van der Waals surface area contributed by atoms with Gasteiger partial charge in [0.15, 0.2) is 0 Å². The van der Waals surface area contributed by atoms with E-state index in [2.05, 4.69) is 6.07 Å². The average Bonchev–Trinajstić information content (AvgIpc) is 2.62. The Morgan fingerprint density at radius 1 is 1.47 bits per heavy atom. The first kappa shape index (κ1) is 10.5. The van der Waals surface area contributed by atoms with Gasteiger partial charge in [-0.05, 0) is 37.4 Å². The molecule has 0 bridgehead atoms. The highest BCUT2D eigenvalue weighted by molar-refractivity contribution is 5.40. The van der Waals surface area contributed by atoms with Gasteiger partial charge in [-0.1, -0.05) is 6.07 Å². The highest BCUT2D eigenvalue weighted by Crippen LogP contribution is 2.28. The number of aliphatic hydroxyl groups excluding tert-OH is 1. The number of rotatable bonds is 3. The Labute approximate surface area is 90.3 Å². The molecule has 0 amide bonds. The lowest BCUT2D eigenvalue weighted by molar-refractivity contribution is 0.138.